The van der Waals surface area contributed by atoms with E-state index in [9.17, 15) is 13.2 Å². The first-order valence-electron chi connectivity index (χ1n) is 8.95. The van der Waals surface area contributed by atoms with Crippen LogP contribution < -0.4 is 14.8 Å². The maximum atomic E-state index is 12.4. The summed E-state index contributed by atoms with van der Waals surface area (Å²) in [6, 6.07) is 10.8. The summed E-state index contributed by atoms with van der Waals surface area (Å²) in [5, 5.41) is 3.29. The monoisotopic (exact) mass is 393 g/mol. The predicted octanol–water partition coefficient (Wildman–Crippen LogP) is 4.27. The van der Waals surface area contributed by atoms with Crippen molar-refractivity contribution in [2.24, 2.45) is 0 Å². The largest absolute Gasteiger partial charge is 0.490 e. The third-order valence-corrected chi connectivity index (χ3v) is 4.08. The van der Waals surface area contributed by atoms with Gasteiger partial charge in [0.05, 0.1) is 12.3 Å². The van der Waals surface area contributed by atoms with Gasteiger partial charge >= 0.3 is 6.18 Å². The number of rotatable bonds is 8. The molecule has 1 aromatic carbocycles. The fourth-order valence-electron chi connectivity index (χ4n) is 2.83. The lowest BCUT2D eigenvalue weighted by atomic mass is 10.2. The fraction of sp³-hybridized carbons (Fsp3) is 0.350. The maximum Gasteiger partial charge on any atom is 0.422 e. The molecule has 0 aliphatic rings. The molecule has 0 unspecified atom stereocenters. The lowest BCUT2D eigenvalue weighted by molar-refractivity contribution is -0.153. The van der Waals surface area contributed by atoms with Crippen molar-refractivity contribution < 1.29 is 22.6 Å². The van der Waals surface area contributed by atoms with Crippen molar-refractivity contribution >= 4 is 5.65 Å². The molecule has 0 bridgehead atoms. The molecule has 0 amide bonds. The molecular formula is C20H22F3N3O2. The van der Waals surface area contributed by atoms with Gasteiger partial charge in [-0.25, -0.2) is 4.98 Å². The molecule has 1 N–H and O–H groups in total. The Balaban J connectivity index is 1.63. The van der Waals surface area contributed by atoms with Gasteiger partial charge in [0, 0.05) is 25.0 Å². The summed E-state index contributed by atoms with van der Waals surface area (Å²) in [7, 11) is 0. The molecule has 2 aromatic heterocycles. The number of nitrogens with one attached hydrogen (secondary N) is 1. The minimum Gasteiger partial charge on any atom is -0.490 e. The van der Waals surface area contributed by atoms with Crippen LogP contribution in [0.25, 0.3) is 5.65 Å². The van der Waals surface area contributed by atoms with E-state index in [0.717, 1.165) is 22.6 Å². The number of benzene rings is 1. The number of pyridine rings is 1. The Labute approximate surface area is 161 Å². The quantitative estimate of drug-likeness (QED) is 0.621. The Kier molecular flexibility index (Phi) is 6.08. The highest BCUT2D eigenvalue weighted by molar-refractivity contribution is 5.43. The van der Waals surface area contributed by atoms with E-state index in [1.165, 1.54) is 6.07 Å². The third kappa shape index (κ3) is 5.16. The number of hydrogen-bond donors (Lipinski definition) is 1. The molecular weight excluding hydrogens is 371 g/mol. The summed E-state index contributed by atoms with van der Waals surface area (Å²) < 4.78 is 49.4. The summed E-state index contributed by atoms with van der Waals surface area (Å²) >= 11 is 0. The maximum absolute atomic E-state index is 12.4. The first kappa shape index (κ1) is 20.0. The molecule has 28 heavy (non-hydrogen) atoms. The molecule has 8 heteroatoms. The summed E-state index contributed by atoms with van der Waals surface area (Å²) in [6.07, 6.45) is -2.41. The summed E-state index contributed by atoms with van der Waals surface area (Å²) in [4.78, 5) is 4.56. The second-order valence-corrected chi connectivity index (χ2v) is 6.35. The lowest BCUT2D eigenvalue weighted by Gasteiger charge is -2.14. The van der Waals surface area contributed by atoms with E-state index < -0.39 is 12.8 Å². The van der Waals surface area contributed by atoms with Crippen LogP contribution in [0.4, 0.5) is 13.2 Å². The van der Waals surface area contributed by atoms with E-state index in [1.54, 1.807) is 19.1 Å². The van der Waals surface area contributed by atoms with Crippen molar-refractivity contribution in [2.75, 3.05) is 13.2 Å². The molecule has 150 valence electrons. The molecule has 5 nitrogen and oxygen atoms in total. The van der Waals surface area contributed by atoms with E-state index in [-0.39, 0.29) is 5.75 Å². The van der Waals surface area contributed by atoms with Gasteiger partial charge in [0.2, 0.25) is 0 Å². The molecule has 0 aliphatic carbocycles. The van der Waals surface area contributed by atoms with E-state index in [4.69, 9.17) is 9.47 Å². The number of aromatic nitrogens is 2. The van der Waals surface area contributed by atoms with Crippen LogP contribution in [0.15, 0.2) is 42.6 Å². The molecule has 3 aromatic rings. The molecule has 0 atom stereocenters. The molecule has 0 fully saturated rings. The number of fused-ring (bicyclic) bond motifs is 1. The Bertz CT molecular complexity index is 938. The lowest BCUT2D eigenvalue weighted by Crippen LogP contribution is -2.19. The van der Waals surface area contributed by atoms with Crippen LogP contribution >= 0.6 is 0 Å². The number of imidazole rings is 1. The van der Waals surface area contributed by atoms with Gasteiger partial charge in [-0.2, -0.15) is 13.2 Å². The van der Waals surface area contributed by atoms with Crippen LogP contribution in [0, 0.1) is 6.92 Å². The third-order valence-electron chi connectivity index (χ3n) is 4.08. The van der Waals surface area contributed by atoms with Crippen LogP contribution in [0.2, 0.25) is 0 Å². The van der Waals surface area contributed by atoms with E-state index in [2.05, 4.69) is 10.3 Å². The summed E-state index contributed by atoms with van der Waals surface area (Å²) in [5.74, 6) is 0.383. The highest BCUT2D eigenvalue weighted by atomic mass is 19.4. The Morgan fingerprint density at radius 3 is 2.61 bits per heavy atom. The zero-order valence-corrected chi connectivity index (χ0v) is 15.7. The Hall–Kier alpha value is -2.74. The topological polar surface area (TPSA) is 47.8 Å². The van der Waals surface area contributed by atoms with Gasteiger partial charge < -0.3 is 19.2 Å². The van der Waals surface area contributed by atoms with Gasteiger partial charge in [-0.15, -0.1) is 0 Å². The van der Waals surface area contributed by atoms with E-state index in [1.807, 2.05) is 35.7 Å². The van der Waals surface area contributed by atoms with Crippen LogP contribution in [0.3, 0.4) is 0 Å². The fourth-order valence-corrected chi connectivity index (χ4v) is 2.83. The minimum absolute atomic E-state index is 0.0822. The van der Waals surface area contributed by atoms with E-state index >= 15 is 0 Å². The van der Waals surface area contributed by atoms with E-state index in [0.29, 0.717) is 25.4 Å². The second kappa shape index (κ2) is 8.52. The number of alkyl halides is 3. The molecule has 0 spiro atoms. The van der Waals surface area contributed by atoms with Crippen LogP contribution in [-0.2, 0) is 13.1 Å². The molecule has 3 rings (SSSR count). The first-order chi connectivity index (χ1) is 13.4. The standard InChI is InChI=1S/C20H22F3N3O2/c1-3-27-18-9-15(7-8-17(18)28-13-20(21,22)23)10-24-11-16-12-26-14(2)5-4-6-19(26)25-16/h4-9,12,24H,3,10-11,13H2,1-2H3. The predicted molar refractivity (Wildman–Crippen MR) is 99.6 cm³/mol. The van der Waals surface area contributed by atoms with Gasteiger partial charge in [0.25, 0.3) is 0 Å². The van der Waals surface area contributed by atoms with Crippen molar-refractivity contribution in [3.8, 4) is 11.5 Å². The second-order valence-electron chi connectivity index (χ2n) is 6.35. The van der Waals surface area contributed by atoms with Gasteiger partial charge in [-0.05, 0) is 43.7 Å². The summed E-state index contributed by atoms with van der Waals surface area (Å²) in [6.45, 7) is 3.86. The molecule has 0 saturated heterocycles. The average molecular weight is 393 g/mol. The molecule has 2 heterocycles. The van der Waals surface area contributed by atoms with Gasteiger partial charge in [-0.1, -0.05) is 12.1 Å². The van der Waals surface area contributed by atoms with Crippen LogP contribution in [0.5, 0.6) is 11.5 Å². The minimum atomic E-state index is -4.39. The van der Waals surface area contributed by atoms with Gasteiger partial charge in [-0.3, -0.25) is 0 Å². The van der Waals surface area contributed by atoms with Gasteiger partial charge in [0.15, 0.2) is 18.1 Å². The average Bonchev–Trinajstić information content (AvgIpc) is 3.05. The zero-order valence-electron chi connectivity index (χ0n) is 15.7. The van der Waals surface area contributed by atoms with Crippen molar-refractivity contribution in [3.63, 3.8) is 0 Å². The highest BCUT2D eigenvalue weighted by Gasteiger charge is 2.29. The smallest absolute Gasteiger partial charge is 0.422 e. The van der Waals surface area contributed by atoms with Crippen LogP contribution in [-0.4, -0.2) is 28.8 Å². The molecule has 0 saturated carbocycles. The Morgan fingerprint density at radius 1 is 1.07 bits per heavy atom. The summed E-state index contributed by atoms with van der Waals surface area (Å²) in [5.41, 5.74) is 3.78. The zero-order chi connectivity index (χ0) is 20.1. The van der Waals surface area contributed by atoms with Crippen molar-refractivity contribution in [1.29, 1.82) is 0 Å². The molecule has 0 radical (unpaired) electrons. The SMILES string of the molecule is CCOc1cc(CNCc2cn3c(C)cccc3n2)ccc1OCC(F)(F)F. The normalized spacial score (nSPS) is 11.8. The van der Waals surface area contributed by atoms with Crippen molar-refractivity contribution in [2.45, 2.75) is 33.1 Å². The van der Waals surface area contributed by atoms with Crippen LogP contribution in [0.1, 0.15) is 23.9 Å². The Morgan fingerprint density at radius 2 is 1.89 bits per heavy atom. The van der Waals surface area contributed by atoms with Gasteiger partial charge in [0.1, 0.15) is 5.65 Å². The highest BCUT2D eigenvalue weighted by Crippen LogP contribution is 2.30. The van der Waals surface area contributed by atoms with Crippen molar-refractivity contribution in [3.05, 3.63) is 59.5 Å². The van der Waals surface area contributed by atoms with Crippen molar-refractivity contribution in [1.82, 2.24) is 14.7 Å². The number of hydrogen-bond acceptors (Lipinski definition) is 4. The number of aryl methyl sites for hydroxylation is 1. The number of nitrogens with zero attached hydrogens (tertiary/aromatic N) is 2. The molecule has 0 aliphatic heterocycles. The number of ether oxygens (including phenoxy) is 2. The first-order valence-corrected chi connectivity index (χ1v) is 8.95. The number of halogens is 3.